The van der Waals surface area contributed by atoms with Crippen LogP contribution in [0.15, 0.2) is 28.7 Å². The Labute approximate surface area is 138 Å². The van der Waals surface area contributed by atoms with Gasteiger partial charge in [0.2, 0.25) is 0 Å². The van der Waals surface area contributed by atoms with Crippen LogP contribution in [-0.2, 0) is 6.54 Å². The highest BCUT2D eigenvalue weighted by atomic mass is 79.9. The molecular weight excluding hydrogens is 324 g/mol. The Morgan fingerprint density at radius 3 is 2.86 bits per heavy atom. The summed E-state index contributed by atoms with van der Waals surface area (Å²) in [4.78, 5) is 2.69. The molecule has 1 heterocycles. The van der Waals surface area contributed by atoms with E-state index in [9.17, 15) is 0 Å². The van der Waals surface area contributed by atoms with E-state index in [1.165, 1.54) is 35.8 Å². The van der Waals surface area contributed by atoms with Crippen molar-refractivity contribution in [1.82, 2.24) is 10.2 Å². The molecule has 1 aliphatic rings. The summed E-state index contributed by atoms with van der Waals surface area (Å²) in [6, 6.07) is 10.1. The zero-order valence-electron chi connectivity index (χ0n) is 13.6. The smallest absolute Gasteiger partial charge is 0.0238 e. The van der Waals surface area contributed by atoms with Gasteiger partial charge in [-0.3, -0.25) is 4.90 Å². The van der Waals surface area contributed by atoms with E-state index in [2.05, 4.69) is 71.2 Å². The third-order valence-electron chi connectivity index (χ3n) is 4.27. The third-order valence-corrected chi connectivity index (χ3v) is 4.76. The van der Waals surface area contributed by atoms with E-state index in [0.29, 0.717) is 12.1 Å². The van der Waals surface area contributed by atoms with Gasteiger partial charge in [-0.25, -0.2) is 0 Å². The molecule has 118 valence electrons. The average Bonchev–Trinajstić information content (AvgIpc) is 2.41. The predicted octanol–water partition coefficient (Wildman–Crippen LogP) is 4.44. The first-order valence-electron chi connectivity index (χ1n) is 8.30. The van der Waals surface area contributed by atoms with Crippen molar-refractivity contribution in [2.75, 3.05) is 13.1 Å². The molecule has 1 saturated heterocycles. The van der Waals surface area contributed by atoms with Gasteiger partial charge >= 0.3 is 0 Å². The van der Waals surface area contributed by atoms with Gasteiger partial charge in [0, 0.05) is 36.2 Å². The van der Waals surface area contributed by atoms with E-state index in [1.807, 2.05) is 0 Å². The summed E-state index contributed by atoms with van der Waals surface area (Å²) in [5.74, 6) is 0.754. The third kappa shape index (κ3) is 5.39. The van der Waals surface area contributed by atoms with Crippen molar-refractivity contribution < 1.29 is 0 Å². The van der Waals surface area contributed by atoms with Gasteiger partial charge in [-0.1, -0.05) is 55.3 Å². The maximum atomic E-state index is 3.75. The first-order chi connectivity index (χ1) is 10.1. The lowest BCUT2D eigenvalue weighted by Crippen LogP contribution is -2.56. The molecular formula is C18H29BrN2. The maximum Gasteiger partial charge on any atom is 0.0238 e. The number of nitrogens with zero attached hydrogens (tertiary/aromatic N) is 1. The number of rotatable bonds is 6. The standard InChI is InChI=1S/C18H29BrN2/c1-4-6-17-13-21(18(11-20-17)9-14(2)3)12-15-7-5-8-16(19)10-15/h5,7-8,10,14,17-18,20H,4,6,9,11-13H2,1-3H3. The van der Waals surface area contributed by atoms with Crippen LogP contribution in [0, 0.1) is 5.92 Å². The second-order valence-electron chi connectivity index (χ2n) is 6.74. The molecule has 21 heavy (non-hydrogen) atoms. The lowest BCUT2D eigenvalue weighted by molar-refractivity contribution is 0.103. The molecule has 0 radical (unpaired) electrons. The number of benzene rings is 1. The molecule has 1 aromatic carbocycles. The summed E-state index contributed by atoms with van der Waals surface area (Å²) in [5, 5.41) is 3.75. The van der Waals surface area contributed by atoms with Crippen LogP contribution in [0.3, 0.4) is 0 Å². The highest BCUT2D eigenvalue weighted by Gasteiger charge is 2.27. The number of piperazine rings is 1. The molecule has 0 amide bonds. The van der Waals surface area contributed by atoms with Gasteiger partial charge < -0.3 is 5.32 Å². The fourth-order valence-electron chi connectivity index (χ4n) is 3.31. The monoisotopic (exact) mass is 352 g/mol. The Kier molecular flexibility index (Phi) is 6.72. The van der Waals surface area contributed by atoms with Crippen LogP contribution in [-0.4, -0.2) is 30.1 Å². The molecule has 1 aliphatic heterocycles. The minimum Gasteiger partial charge on any atom is -0.311 e. The van der Waals surface area contributed by atoms with E-state index >= 15 is 0 Å². The first kappa shape index (κ1) is 17.0. The second kappa shape index (κ2) is 8.30. The van der Waals surface area contributed by atoms with Crippen LogP contribution >= 0.6 is 15.9 Å². The summed E-state index contributed by atoms with van der Waals surface area (Å²) >= 11 is 3.59. The van der Waals surface area contributed by atoms with Crippen molar-refractivity contribution in [3.05, 3.63) is 34.3 Å². The van der Waals surface area contributed by atoms with Crippen molar-refractivity contribution in [2.45, 2.75) is 58.7 Å². The molecule has 2 rings (SSSR count). The van der Waals surface area contributed by atoms with E-state index < -0.39 is 0 Å². The van der Waals surface area contributed by atoms with Gasteiger partial charge in [-0.15, -0.1) is 0 Å². The fraction of sp³-hybridized carbons (Fsp3) is 0.667. The SMILES string of the molecule is CCCC1CN(Cc2cccc(Br)c2)C(CC(C)C)CN1. The van der Waals surface area contributed by atoms with Crippen LogP contribution in [0.4, 0.5) is 0 Å². The number of halogens is 1. The molecule has 1 N–H and O–H groups in total. The van der Waals surface area contributed by atoms with Crippen molar-refractivity contribution in [2.24, 2.45) is 5.92 Å². The molecule has 2 nitrogen and oxygen atoms in total. The number of hydrogen-bond donors (Lipinski definition) is 1. The van der Waals surface area contributed by atoms with Crippen molar-refractivity contribution in [1.29, 1.82) is 0 Å². The zero-order valence-corrected chi connectivity index (χ0v) is 15.2. The summed E-state index contributed by atoms with van der Waals surface area (Å²) in [7, 11) is 0. The zero-order chi connectivity index (χ0) is 15.2. The van der Waals surface area contributed by atoms with Gasteiger partial charge in [0.05, 0.1) is 0 Å². The van der Waals surface area contributed by atoms with Gasteiger partial charge in [0.1, 0.15) is 0 Å². The molecule has 0 aliphatic carbocycles. The number of nitrogens with one attached hydrogen (secondary N) is 1. The van der Waals surface area contributed by atoms with E-state index in [0.717, 1.165) is 19.0 Å². The highest BCUT2D eigenvalue weighted by Crippen LogP contribution is 2.21. The normalized spacial score (nSPS) is 23.7. The molecule has 2 atom stereocenters. The molecule has 1 aromatic rings. The molecule has 1 fully saturated rings. The topological polar surface area (TPSA) is 15.3 Å². The Bertz CT molecular complexity index is 433. The van der Waals surface area contributed by atoms with Crippen LogP contribution in [0.25, 0.3) is 0 Å². The van der Waals surface area contributed by atoms with Crippen LogP contribution < -0.4 is 5.32 Å². The van der Waals surface area contributed by atoms with Crippen molar-refractivity contribution in [3.8, 4) is 0 Å². The minimum absolute atomic E-state index is 0.658. The molecule has 3 heteroatoms. The van der Waals surface area contributed by atoms with Gasteiger partial charge in [0.15, 0.2) is 0 Å². The Morgan fingerprint density at radius 1 is 1.38 bits per heavy atom. The Balaban J connectivity index is 2.05. The van der Waals surface area contributed by atoms with E-state index in [-0.39, 0.29) is 0 Å². The minimum atomic E-state index is 0.658. The quantitative estimate of drug-likeness (QED) is 0.814. The lowest BCUT2D eigenvalue weighted by atomic mass is 9.97. The second-order valence-corrected chi connectivity index (χ2v) is 7.65. The fourth-order valence-corrected chi connectivity index (χ4v) is 3.76. The lowest BCUT2D eigenvalue weighted by Gasteiger charge is -2.41. The van der Waals surface area contributed by atoms with Gasteiger partial charge in [-0.05, 0) is 36.5 Å². The first-order valence-corrected chi connectivity index (χ1v) is 9.09. The summed E-state index contributed by atoms with van der Waals surface area (Å²) in [6.45, 7) is 10.3. The summed E-state index contributed by atoms with van der Waals surface area (Å²) < 4.78 is 1.18. The molecule has 0 spiro atoms. The highest BCUT2D eigenvalue weighted by molar-refractivity contribution is 9.10. The van der Waals surface area contributed by atoms with E-state index in [4.69, 9.17) is 0 Å². The predicted molar refractivity (Wildman–Crippen MR) is 94.5 cm³/mol. The van der Waals surface area contributed by atoms with E-state index in [1.54, 1.807) is 0 Å². The Morgan fingerprint density at radius 2 is 2.19 bits per heavy atom. The molecule has 0 bridgehead atoms. The van der Waals surface area contributed by atoms with Crippen LogP contribution in [0.1, 0.15) is 45.6 Å². The Hall–Kier alpha value is -0.380. The number of hydrogen-bond acceptors (Lipinski definition) is 2. The molecule has 0 saturated carbocycles. The maximum absolute atomic E-state index is 3.75. The van der Waals surface area contributed by atoms with Crippen molar-refractivity contribution in [3.63, 3.8) is 0 Å². The molecule has 2 unspecified atom stereocenters. The van der Waals surface area contributed by atoms with Gasteiger partial charge in [-0.2, -0.15) is 0 Å². The largest absolute Gasteiger partial charge is 0.311 e. The van der Waals surface area contributed by atoms with Gasteiger partial charge in [0.25, 0.3) is 0 Å². The van der Waals surface area contributed by atoms with Crippen LogP contribution in [0.2, 0.25) is 0 Å². The van der Waals surface area contributed by atoms with Crippen LogP contribution in [0.5, 0.6) is 0 Å². The summed E-state index contributed by atoms with van der Waals surface area (Å²) in [5.41, 5.74) is 1.41. The summed E-state index contributed by atoms with van der Waals surface area (Å²) in [6.07, 6.45) is 3.82. The molecule has 0 aromatic heterocycles. The van der Waals surface area contributed by atoms with Crippen molar-refractivity contribution >= 4 is 15.9 Å². The average molecular weight is 353 g/mol.